The molecule has 3 aromatic rings. The Hall–Kier alpha value is -3.12. The number of hydrogen-bond acceptors (Lipinski definition) is 8. The van der Waals surface area contributed by atoms with E-state index in [1.54, 1.807) is 0 Å². The van der Waals surface area contributed by atoms with E-state index in [4.69, 9.17) is 9.47 Å². The highest BCUT2D eigenvalue weighted by Gasteiger charge is 2.72. The molecular formula is C54H77N3O7. The lowest BCUT2D eigenvalue weighted by molar-refractivity contribution is -0.222. The van der Waals surface area contributed by atoms with Crippen molar-refractivity contribution < 1.29 is 34.4 Å². The van der Waals surface area contributed by atoms with Crippen molar-refractivity contribution in [1.82, 2.24) is 14.9 Å². The van der Waals surface area contributed by atoms with Gasteiger partial charge in [-0.15, -0.1) is 0 Å². The largest absolute Gasteiger partial charge is 0.396 e. The summed E-state index contributed by atoms with van der Waals surface area (Å²) in [5.41, 5.74) is 6.64. The lowest BCUT2D eigenvalue weighted by atomic mass is 9.34. The van der Waals surface area contributed by atoms with Crippen molar-refractivity contribution in [3.05, 3.63) is 70.1 Å². The van der Waals surface area contributed by atoms with Crippen molar-refractivity contribution in [2.45, 2.75) is 162 Å². The maximum absolute atomic E-state index is 14.9. The molecule has 1 aromatic carbocycles. The minimum atomic E-state index is -0.779. The monoisotopic (exact) mass is 880 g/mol. The molecule has 3 saturated carbocycles. The van der Waals surface area contributed by atoms with Crippen molar-refractivity contribution in [2.75, 3.05) is 33.4 Å². The summed E-state index contributed by atoms with van der Waals surface area (Å²) in [5.74, 6) is 0.202. The number of epoxide rings is 1. The number of ether oxygens (including phenoxy) is 2. The van der Waals surface area contributed by atoms with Gasteiger partial charge in [0.15, 0.2) is 5.78 Å². The van der Waals surface area contributed by atoms with Gasteiger partial charge < -0.3 is 39.7 Å². The number of fused-ring (bicyclic) bond motifs is 6. The highest BCUT2D eigenvalue weighted by molar-refractivity contribution is 6.01. The molecule has 64 heavy (non-hydrogen) atoms. The van der Waals surface area contributed by atoms with Crippen molar-refractivity contribution in [1.29, 1.82) is 0 Å². The number of Topliss-reactive ketones (excluding diaryl/α,β-unsaturated/α-hetero) is 2. The number of aromatic nitrogens is 2. The lowest BCUT2D eigenvalue weighted by Crippen LogP contribution is -2.68. The highest BCUT2D eigenvalue weighted by atomic mass is 16.6. The summed E-state index contributed by atoms with van der Waals surface area (Å²) in [6.45, 7) is 20.3. The standard InChI is InChI=1S/C54H77N3O7/c1-31-24-34(33-14-22-63-23-15-33)27-35(25-31)36(13-21-58)37-29-57(39-12-19-56-46(37)39)30-38-45-44(32(2)26-40(59)49-50(3,4)64-49)41(60)28-54(45,8)53(7)17-10-42-51(5,18-20-55-9)43(61)11-16-52(42,6)48(53)47(38)62/h12,19,24-25,27,29,32-33,36,38,40,42,47-49,55-56,58-59,62H,10-11,13-18,20-23,26,28,30H2,1-9H3. The van der Waals surface area contributed by atoms with E-state index in [-0.39, 0.29) is 59.1 Å². The van der Waals surface area contributed by atoms with Gasteiger partial charge in [0.2, 0.25) is 0 Å². The van der Waals surface area contributed by atoms with Gasteiger partial charge in [-0.05, 0) is 149 Å². The molecule has 10 nitrogen and oxygen atoms in total. The first-order valence-corrected chi connectivity index (χ1v) is 24.8. The van der Waals surface area contributed by atoms with E-state index >= 15 is 0 Å². The Balaban J connectivity index is 1.17. The minimum absolute atomic E-state index is 0.0409. The molecule has 0 spiro atoms. The summed E-state index contributed by atoms with van der Waals surface area (Å²) < 4.78 is 13.9. The van der Waals surface area contributed by atoms with Gasteiger partial charge in [-0.25, -0.2) is 0 Å². The molecule has 6 aliphatic rings. The number of rotatable bonds is 14. The Bertz CT molecular complexity index is 2300. The number of benzene rings is 1. The van der Waals surface area contributed by atoms with Gasteiger partial charge in [-0.3, -0.25) is 9.59 Å². The second kappa shape index (κ2) is 16.6. The number of nitrogens with one attached hydrogen (secondary N) is 2. The Morgan fingerprint density at radius 3 is 2.45 bits per heavy atom. The summed E-state index contributed by atoms with van der Waals surface area (Å²) in [7, 11) is 1.96. The second-order valence-electron chi connectivity index (χ2n) is 23.0. The molecule has 0 bridgehead atoms. The van der Waals surface area contributed by atoms with Gasteiger partial charge in [-0.2, -0.15) is 0 Å². The second-order valence-corrected chi connectivity index (χ2v) is 23.0. The summed E-state index contributed by atoms with van der Waals surface area (Å²) in [5, 5.41) is 39.1. The van der Waals surface area contributed by atoms with Gasteiger partial charge >= 0.3 is 0 Å². The number of aryl methyl sites for hydroxylation is 1. The molecule has 2 aromatic heterocycles. The van der Waals surface area contributed by atoms with E-state index in [1.807, 2.05) is 27.1 Å². The molecule has 2 aliphatic heterocycles. The summed E-state index contributed by atoms with van der Waals surface area (Å²) in [4.78, 5) is 32.6. The summed E-state index contributed by atoms with van der Waals surface area (Å²) in [6.07, 6.45) is 9.57. The topological polar surface area (TPSA) is 149 Å². The van der Waals surface area contributed by atoms with Crippen LogP contribution in [-0.2, 0) is 25.6 Å². The van der Waals surface area contributed by atoms with E-state index in [9.17, 15) is 24.9 Å². The van der Waals surface area contributed by atoms with Crippen molar-refractivity contribution >= 4 is 22.6 Å². The van der Waals surface area contributed by atoms with Crippen LogP contribution in [0.4, 0.5) is 0 Å². The lowest BCUT2D eigenvalue weighted by Gasteiger charge is -2.70. The van der Waals surface area contributed by atoms with E-state index in [0.717, 1.165) is 86.0 Å². The van der Waals surface area contributed by atoms with Crippen LogP contribution in [0.15, 0.2) is 47.8 Å². The number of aromatic amines is 1. The fourth-order valence-electron chi connectivity index (χ4n) is 15.6. The molecule has 12 atom stereocenters. The summed E-state index contributed by atoms with van der Waals surface area (Å²) >= 11 is 0. The molecule has 2 saturated heterocycles. The third-order valence-corrected chi connectivity index (χ3v) is 18.9. The quantitative estimate of drug-likeness (QED) is 0.101. The summed E-state index contributed by atoms with van der Waals surface area (Å²) in [6, 6.07) is 9.07. The van der Waals surface area contributed by atoms with Crippen LogP contribution in [-0.4, -0.2) is 93.8 Å². The number of carbonyl (C=O) groups is 2. The molecule has 5 fully saturated rings. The van der Waals surface area contributed by atoms with Crippen molar-refractivity contribution in [3.63, 3.8) is 0 Å². The van der Waals surface area contributed by atoms with Crippen LogP contribution < -0.4 is 5.32 Å². The number of aliphatic hydroxyl groups is 3. The number of H-pyrrole nitrogens is 1. The van der Waals surface area contributed by atoms with Gasteiger partial charge in [0.05, 0.1) is 28.8 Å². The molecule has 9 rings (SSSR count). The molecule has 0 amide bonds. The van der Waals surface area contributed by atoms with Gasteiger partial charge in [0.25, 0.3) is 0 Å². The Labute approximate surface area is 381 Å². The molecule has 10 heteroatoms. The van der Waals surface area contributed by atoms with Gasteiger partial charge in [0, 0.05) is 79.8 Å². The van der Waals surface area contributed by atoms with E-state index in [0.29, 0.717) is 43.9 Å². The van der Waals surface area contributed by atoms with Crippen molar-refractivity contribution in [3.8, 4) is 0 Å². The maximum atomic E-state index is 14.9. The van der Waals surface area contributed by atoms with E-state index in [1.165, 1.54) is 16.7 Å². The zero-order chi connectivity index (χ0) is 45.7. The van der Waals surface area contributed by atoms with Crippen molar-refractivity contribution in [2.24, 2.45) is 45.3 Å². The Morgan fingerprint density at radius 2 is 1.77 bits per heavy atom. The molecule has 12 unspecified atom stereocenters. The fraction of sp³-hybridized carbons (Fsp3) is 0.704. The molecule has 4 aliphatic carbocycles. The SMILES string of the molecule is CNCCC1(C)C(=O)CCC2(C)C1CCC1(C)C2C(O)C(Cn2cc(C(CCO)c3cc(C)cc(C4CCOCC4)c3)c3[nH]ccc32)C2=C(C(C)CC(O)C3OC3(C)C)C(=O)CC21C. The highest BCUT2D eigenvalue weighted by Crippen LogP contribution is 2.75. The predicted molar refractivity (Wildman–Crippen MR) is 250 cm³/mol. The van der Waals surface area contributed by atoms with Crippen LogP contribution >= 0.6 is 0 Å². The third kappa shape index (κ3) is 7.17. The Morgan fingerprint density at radius 1 is 1.03 bits per heavy atom. The maximum Gasteiger partial charge on any atom is 0.160 e. The number of aliphatic hydroxyl groups excluding tert-OH is 3. The first-order valence-electron chi connectivity index (χ1n) is 24.8. The van der Waals surface area contributed by atoms with Crippen LogP contribution in [0.25, 0.3) is 11.0 Å². The van der Waals surface area contributed by atoms with E-state index in [2.05, 4.69) is 86.9 Å². The number of ketones is 2. The van der Waals surface area contributed by atoms with Crippen LogP contribution in [0, 0.1) is 52.3 Å². The van der Waals surface area contributed by atoms with Crippen LogP contribution in [0.2, 0.25) is 0 Å². The molecule has 5 N–H and O–H groups in total. The van der Waals surface area contributed by atoms with E-state index < -0.39 is 28.5 Å². The zero-order valence-electron chi connectivity index (χ0n) is 40.2. The predicted octanol–water partition coefficient (Wildman–Crippen LogP) is 8.53. The number of hydrogen-bond donors (Lipinski definition) is 5. The van der Waals surface area contributed by atoms with Crippen LogP contribution in [0.3, 0.4) is 0 Å². The first-order chi connectivity index (χ1) is 30.3. The average molecular weight is 880 g/mol. The zero-order valence-corrected chi connectivity index (χ0v) is 40.2. The fourth-order valence-corrected chi connectivity index (χ4v) is 15.6. The van der Waals surface area contributed by atoms with Crippen LogP contribution in [0.5, 0.6) is 0 Å². The van der Waals surface area contributed by atoms with Crippen LogP contribution in [0.1, 0.15) is 147 Å². The average Bonchev–Trinajstić information content (AvgIpc) is 3.54. The van der Waals surface area contributed by atoms with Gasteiger partial charge in [-0.1, -0.05) is 58.4 Å². The number of nitrogens with zero attached hydrogens (tertiary/aromatic N) is 1. The smallest absolute Gasteiger partial charge is 0.160 e. The van der Waals surface area contributed by atoms with Gasteiger partial charge in [0.1, 0.15) is 11.9 Å². The normalized spacial score (nSPS) is 36.5. The molecular weight excluding hydrogens is 803 g/mol. The first kappa shape index (κ1) is 46.0. The number of allylic oxidation sites excluding steroid dienone is 1. The third-order valence-electron chi connectivity index (χ3n) is 18.9. The number of carbonyl (C=O) groups excluding carboxylic acids is 2. The molecule has 4 heterocycles. The molecule has 350 valence electrons. The Kier molecular flexibility index (Phi) is 11.9. The minimum Gasteiger partial charge on any atom is -0.396 e. The molecule has 0 radical (unpaired) electrons.